The summed E-state index contributed by atoms with van der Waals surface area (Å²) in [4.78, 5) is 16.9. The minimum absolute atomic E-state index is 0.0580. The topological polar surface area (TPSA) is 62.2 Å². The molecule has 2 heterocycles. The second-order valence-electron chi connectivity index (χ2n) is 3.91. The highest BCUT2D eigenvalue weighted by Crippen LogP contribution is 2.13. The highest BCUT2D eigenvalue weighted by atomic mass is 32.1. The number of aliphatic hydroxyl groups excluding tert-OH is 1. The smallest absolute Gasteiger partial charge is 0.252 e. The second-order valence-corrected chi connectivity index (χ2v) is 5.80. The lowest BCUT2D eigenvalue weighted by Gasteiger charge is -2.01. The molecule has 0 unspecified atom stereocenters. The number of aliphatic hydroxyl groups is 1. The number of carbonyl (C=O) groups excluding carboxylic acids is 1. The van der Waals surface area contributed by atoms with Crippen molar-refractivity contribution in [2.24, 2.45) is 0 Å². The Hall–Kier alpha value is -1.68. The lowest BCUT2D eigenvalue weighted by Crippen LogP contribution is -2.25. The van der Waals surface area contributed by atoms with E-state index in [4.69, 9.17) is 5.11 Å². The van der Waals surface area contributed by atoms with Crippen molar-refractivity contribution in [3.8, 4) is 11.8 Å². The first kappa shape index (κ1) is 14.7. The first-order valence-electron chi connectivity index (χ1n) is 6.14. The molecule has 2 rings (SSSR count). The molecule has 0 spiro atoms. The highest BCUT2D eigenvalue weighted by molar-refractivity contribution is 7.10. The number of amides is 1. The molecular formula is C14H14N2O2S2. The summed E-state index contributed by atoms with van der Waals surface area (Å²) in [6, 6.07) is 1.77. The number of thiophene rings is 1. The summed E-state index contributed by atoms with van der Waals surface area (Å²) in [7, 11) is 0. The molecule has 4 nitrogen and oxygen atoms in total. The maximum atomic E-state index is 11.9. The van der Waals surface area contributed by atoms with Gasteiger partial charge in [-0.15, -0.1) is 22.7 Å². The predicted molar refractivity (Wildman–Crippen MR) is 81.1 cm³/mol. The molecule has 0 fully saturated rings. The Labute approximate surface area is 125 Å². The molecule has 0 bridgehead atoms. The van der Waals surface area contributed by atoms with Crippen LogP contribution in [0.3, 0.4) is 0 Å². The van der Waals surface area contributed by atoms with Gasteiger partial charge in [-0.25, -0.2) is 4.98 Å². The van der Waals surface area contributed by atoms with Crippen molar-refractivity contribution in [3.05, 3.63) is 38.5 Å². The number of hydrogen-bond donors (Lipinski definition) is 2. The van der Waals surface area contributed by atoms with Crippen molar-refractivity contribution in [3.63, 3.8) is 0 Å². The van der Waals surface area contributed by atoms with Gasteiger partial charge >= 0.3 is 0 Å². The van der Waals surface area contributed by atoms with Gasteiger partial charge in [-0.3, -0.25) is 4.79 Å². The van der Waals surface area contributed by atoms with E-state index in [1.54, 1.807) is 29.0 Å². The third-order valence-electron chi connectivity index (χ3n) is 2.42. The Kier molecular flexibility index (Phi) is 5.74. The maximum Gasteiger partial charge on any atom is 0.252 e. The zero-order valence-corrected chi connectivity index (χ0v) is 12.4. The van der Waals surface area contributed by atoms with E-state index in [-0.39, 0.29) is 12.5 Å². The summed E-state index contributed by atoms with van der Waals surface area (Å²) in [6.07, 6.45) is 2.96. The molecule has 0 aliphatic carbocycles. The molecule has 0 atom stereocenters. The summed E-state index contributed by atoms with van der Waals surface area (Å²) < 4.78 is 0. The van der Waals surface area contributed by atoms with E-state index in [2.05, 4.69) is 22.1 Å². The van der Waals surface area contributed by atoms with Gasteiger partial charge in [0.05, 0.1) is 22.1 Å². The lowest BCUT2D eigenvalue weighted by molar-refractivity contribution is 0.0954. The van der Waals surface area contributed by atoms with Gasteiger partial charge < -0.3 is 10.4 Å². The summed E-state index contributed by atoms with van der Waals surface area (Å²) in [5.41, 5.74) is 0.627. The van der Waals surface area contributed by atoms with E-state index in [1.807, 2.05) is 5.38 Å². The normalized spacial score (nSPS) is 9.85. The van der Waals surface area contributed by atoms with Crippen molar-refractivity contribution in [1.82, 2.24) is 10.3 Å². The molecule has 1 amide bonds. The van der Waals surface area contributed by atoms with E-state index >= 15 is 0 Å². The van der Waals surface area contributed by atoms with Crippen molar-refractivity contribution in [1.29, 1.82) is 0 Å². The molecule has 0 aliphatic rings. The minimum atomic E-state index is -0.0898. The predicted octanol–water partition coefficient (Wildman–Crippen LogP) is 1.91. The lowest BCUT2D eigenvalue weighted by atomic mass is 10.3. The van der Waals surface area contributed by atoms with Crippen LogP contribution < -0.4 is 5.32 Å². The molecular weight excluding hydrogens is 292 g/mol. The van der Waals surface area contributed by atoms with Crippen LogP contribution in [0.4, 0.5) is 0 Å². The highest BCUT2D eigenvalue weighted by Gasteiger charge is 2.07. The SMILES string of the molecule is O=C(NCCc1nccs1)c1csc(C#CCCO)c1. The molecule has 0 saturated carbocycles. The quantitative estimate of drug-likeness (QED) is 0.830. The molecule has 104 valence electrons. The van der Waals surface area contributed by atoms with Crippen LogP contribution >= 0.6 is 22.7 Å². The molecule has 0 aromatic carbocycles. The minimum Gasteiger partial charge on any atom is -0.395 e. The number of nitrogens with one attached hydrogen (secondary N) is 1. The average molecular weight is 306 g/mol. The van der Waals surface area contributed by atoms with E-state index in [0.717, 1.165) is 16.3 Å². The van der Waals surface area contributed by atoms with Gasteiger partial charge in [-0.05, 0) is 6.07 Å². The summed E-state index contributed by atoms with van der Waals surface area (Å²) in [5.74, 6) is 5.67. The van der Waals surface area contributed by atoms with Crippen LogP contribution in [0.15, 0.2) is 23.0 Å². The third kappa shape index (κ3) is 4.46. The average Bonchev–Trinajstić information content (AvgIpc) is 3.10. The third-order valence-corrected chi connectivity index (χ3v) is 4.10. The van der Waals surface area contributed by atoms with Gasteiger partial charge in [0.1, 0.15) is 0 Å². The first-order valence-corrected chi connectivity index (χ1v) is 7.90. The Morgan fingerprint density at radius 2 is 2.35 bits per heavy atom. The number of carbonyl (C=O) groups is 1. The van der Waals surface area contributed by atoms with Gasteiger partial charge in [0.15, 0.2) is 0 Å². The maximum absolute atomic E-state index is 11.9. The van der Waals surface area contributed by atoms with Crippen LogP contribution in [-0.2, 0) is 6.42 Å². The fourth-order valence-corrected chi connectivity index (χ4v) is 2.86. The molecule has 6 heteroatoms. The van der Waals surface area contributed by atoms with Crippen molar-refractivity contribution < 1.29 is 9.90 Å². The fourth-order valence-electron chi connectivity index (χ4n) is 1.49. The van der Waals surface area contributed by atoms with Crippen molar-refractivity contribution in [2.75, 3.05) is 13.2 Å². The number of aromatic nitrogens is 1. The van der Waals surface area contributed by atoms with Gasteiger partial charge in [-0.1, -0.05) is 11.8 Å². The number of hydrogen-bond acceptors (Lipinski definition) is 5. The Morgan fingerprint density at radius 1 is 1.45 bits per heavy atom. The van der Waals surface area contributed by atoms with E-state index in [0.29, 0.717) is 18.5 Å². The Balaban J connectivity index is 1.82. The molecule has 0 aliphatic heterocycles. The Bertz CT molecular complexity index is 609. The number of thiazole rings is 1. The molecule has 0 saturated heterocycles. The zero-order valence-electron chi connectivity index (χ0n) is 10.8. The van der Waals surface area contributed by atoms with Crippen molar-refractivity contribution in [2.45, 2.75) is 12.8 Å². The van der Waals surface area contributed by atoms with E-state index in [9.17, 15) is 4.79 Å². The first-order chi connectivity index (χ1) is 9.79. The van der Waals surface area contributed by atoms with Gasteiger partial charge in [0, 0.05) is 36.3 Å². The summed E-state index contributed by atoms with van der Waals surface area (Å²) in [6.45, 7) is 0.635. The fraction of sp³-hybridized carbons (Fsp3) is 0.286. The van der Waals surface area contributed by atoms with Crippen LogP contribution in [-0.4, -0.2) is 29.1 Å². The molecule has 0 radical (unpaired) electrons. The van der Waals surface area contributed by atoms with Crippen molar-refractivity contribution >= 4 is 28.6 Å². The van der Waals surface area contributed by atoms with E-state index in [1.165, 1.54) is 11.3 Å². The summed E-state index contributed by atoms with van der Waals surface area (Å²) >= 11 is 3.02. The standard InChI is InChI=1S/C14H14N2O2S2/c17-7-2-1-3-12-9-11(10-20-12)14(18)16-5-4-13-15-6-8-19-13/h6,8-10,17H,2,4-5,7H2,(H,16,18). The van der Waals surface area contributed by atoms with Gasteiger partial charge in [0.25, 0.3) is 5.91 Å². The molecule has 2 aromatic heterocycles. The monoisotopic (exact) mass is 306 g/mol. The molecule has 2 aromatic rings. The zero-order chi connectivity index (χ0) is 14.2. The van der Waals surface area contributed by atoms with Crippen LogP contribution in [0.25, 0.3) is 0 Å². The largest absolute Gasteiger partial charge is 0.395 e. The van der Waals surface area contributed by atoms with Crippen LogP contribution in [0.5, 0.6) is 0 Å². The van der Waals surface area contributed by atoms with Crippen LogP contribution in [0, 0.1) is 11.8 Å². The number of rotatable bonds is 5. The number of nitrogens with zero attached hydrogens (tertiary/aromatic N) is 1. The molecule has 20 heavy (non-hydrogen) atoms. The van der Waals surface area contributed by atoms with Crippen LogP contribution in [0.1, 0.15) is 26.7 Å². The van der Waals surface area contributed by atoms with Gasteiger partial charge in [0.2, 0.25) is 0 Å². The van der Waals surface area contributed by atoms with E-state index < -0.39 is 0 Å². The van der Waals surface area contributed by atoms with Gasteiger partial charge in [-0.2, -0.15) is 0 Å². The van der Waals surface area contributed by atoms with Crippen LogP contribution in [0.2, 0.25) is 0 Å². The Morgan fingerprint density at radius 3 is 3.10 bits per heavy atom. The second kappa shape index (κ2) is 7.80. The summed E-state index contributed by atoms with van der Waals surface area (Å²) in [5, 5.41) is 16.2. The molecule has 2 N–H and O–H groups in total.